The molecule has 0 aliphatic heterocycles. The highest BCUT2D eigenvalue weighted by molar-refractivity contribution is 5.76. The summed E-state index contributed by atoms with van der Waals surface area (Å²) in [5, 5.41) is 7.91. The zero-order valence-electron chi connectivity index (χ0n) is 19.6. The topological polar surface area (TPSA) is 59.4 Å². The van der Waals surface area contributed by atoms with Gasteiger partial charge in [0.25, 0.3) is 0 Å². The third-order valence-electron chi connectivity index (χ3n) is 5.42. The second-order valence-electron chi connectivity index (χ2n) is 9.43. The predicted molar refractivity (Wildman–Crippen MR) is 126 cm³/mol. The van der Waals surface area contributed by atoms with Crippen molar-refractivity contribution in [3.05, 3.63) is 71.7 Å². The SMILES string of the molecule is CCc1nn(-c2ccccc2)c(Oc2cccc(F)c2)c1CN(C(=O)NC(C)(C)C)C1CC1. The molecule has 1 aliphatic carbocycles. The molecule has 0 unspecified atom stereocenters. The summed E-state index contributed by atoms with van der Waals surface area (Å²) in [6.45, 7) is 8.31. The van der Waals surface area contributed by atoms with Crippen molar-refractivity contribution >= 4 is 6.03 Å². The van der Waals surface area contributed by atoms with Crippen molar-refractivity contribution < 1.29 is 13.9 Å². The summed E-state index contributed by atoms with van der Waals surface area (Å²) in [6.07, 6.45) is 2.63. The molecule has 3 aromatic rings. The number of carbonyl (C=O) groups excluding carboxylic acids is 1. The standard InChI is InChI=1S/C26H31FN4O2/c1-5-23-22(17-30(19-14-15-19)25(32)28-26(2,3)4)24(33-21-13-9-10-18(27)16-21)31(29-23)20-11-7-6-8-12-20/h6-13,16,19H,5,14-15,17H2,1-4H3,(H,28,32). The smallest absolute Gasteiger partial charge is 0.318 e. The van der Waals surface area contributed by atoms with E-state index in [1.165, 1.54) is 12.1 Å². The highest BCUT2D eigenvalue weighted by Gasteiger charge is 2.36. The molecule has 174 valence electrons. The lowest BCUT2D eigenvalue weighted by molar-refractivity contribution is 0.182. The zero-order chi connectivity index (χ0) is 23.6. The summed E-state index contributed by atoms with van der Waals surface area (Å²) in [5.74, 6) is 0.505. The number of nitrogens with one attached hydrogen (secondary N) is 1. The van der Waals surface area contributed by atoms with E-state index in [0.29, 0.717) is 24.6 Å². The minimum atomic E-state index is -0.375. The summed E-state index contributed by atoms with van der Waals surface area (Å²) in [7, 11) is 0. The minimum Gasteiger partial charge on any atom is -0.438 e. The number of aryl methyl sites for hydroxylation is 1. The molecule has 1 heterocycles. The van der Waals surface area contributed by atoms with E-state index in [1.54, 1.807) is 16.8 Å². The number of benzene rings is 2. The molecule has 0 bridgehead atoms. The second-order valence-corrected chi connectivity index (χ2v) is 9.43. The number of hydrogen-bond acceptors (Lipinski definition) is 3. The van der Waals surface area contributed by atoms with E-state index in [9.17, 15) is 9.18 Å². The molecule has 1 saturated carbocycles. The molecule has 1 N–H and O–H groups in total. The fraction of sp³-hybridized carbons (Fsp3) is 0.385. The number of carbonyl (C=O) groups is 1. The molecule has 0 radical (unpaired) electrons. The Balaban J connectivity index is 1.77. The number of hydrogen-bond donors (Lipinski definition) is 1. The second kappa shape index (κ2) is 9.25. The Hall–Kier alpha value is -3.35. The van der Waals surface area contributed by atoms with Gasteiger partial charge in [0, 0.05) is 17.6 Å². The summed E-state index contributed by atoms with van der Waals surface area (Å²) in [5.41, 5.74) is 2.18. The number of amides is 2. The van der Waals surface area contributed by atoms with Crippen LogP contribution >= 0.6 is 0 Å². The van der Waals surface area contributed by atoms with Gasteiger partial charge in [-0.3, -0.25) is 0 Å². The van der Waals surface area contributed by atoms with Crippen LogP contribution in [0.15, 0.2) is 54.6 Å². The van der Waals surface area contributed by atoms with Gasteiger partial charge in [0.15, 0.2) is 0 Å². The number of rotatable bonds is 7. The maximum Gasteiger partial charge on any atom is 0.318 e. The van der Waals surface area contributed by atoms with Crippen LogP contribution in [0.4, 0.5) is 9.18 Å². The molecular weight excluding hydrogens is 419 g/mol. The van der Waals surface area contributed by atoms with E-state index < -0.39 is 0 Å². The fourth-order valence-corrected chi connectivity index (χ4v) is 3.73. The van der Waals surface area contributed by atoms with Crippen molar-refractivity contribution in [3.8, 4) is 17.3 Å². The van der Waals surface area contributed by atoms with Crippen molar-refractivity contribution in [2.45, 2.75) is 65.1 Å². The molecule has 0 spiro atoms. The van der Waals surface area contributed by atoms with Crippen molar-refractivity contribution in [1.29, 1.82) is 0 Å². The number of halogens is 1. The molecule has 6 nitrogen and oxygen atoms in total. The third kappa shape index (κ3) is 5.53. The lowest BCUT2D eigenvalue weighted by atomic mass is 10.1. The number of urea groups is 1. The molecule has 1 aromatic heterocycles. The molecule has 0 atom stereocenters. The summed E-state index contributed by atoms with van der Waals surface area (Å²) in [4.78, 5) is 15.0. The van der Waals surface area contributed by atoms with Crippen LogP contribution in [0.25, 0.3) is 5.69 Å². The lowest BCUT2D eigenvalue weighted by Crippen LogP contribution is -2.49. The van der Waals surface area contributed by atoms with E-state index in [4.69, 9.17) is 9.84 Å². The average Bonchev–Trinajstić information content (AvgIpc) is 3.54. The quantitative estimate of drug-likeness (QED) is 0.492. The van der Waals surface area contributed by atoms with E-state index >= 15 is 0 Å². The molecule has 1 aliphatic rings. The van der Waals surface area contributed by atoms with E-state index in [2.05, 4.69) is 5.32 Å². The van der Waals surface area contributed by atoms with E-state index in [1.807, 2.05) is 62.9 Å². The minimum absolute atomic E-state index is 0.101. The highest BCUT2D eigenvalue weighted by atomic mass is 19.1. The van der Waals surface area contributed by atoms with Gasteiger partial charge >= 0.3 is 6.03 Å². The van der Waals surface area contributed by atoms with Crippen LogP contribution in [-0.2, 0) is 13.0 Å². The first-order valence-corrected chi connectivity index (χ1v) is 11.4. The maximum atomic E-state index is 13.9. The monoisotopic (exact) mass is 450 g/mol. The van der Waals surface area contributed by atoms with Gasteiger partial charge in [0.05, 0.1) is 23.5 Å². The molecule has 33 heavy (non-hydrogen) atoms. The number of aromatic nitrogens is 2. The first kappa shape index (κ1) is 22.8. The summed E-state index contributed by atoms with van der Waals surface area (Å²) < 4.78 is 21.9. The van der Waals surface area contributed by atoms with Gasteiger partial charge in [-0.2, -0.15) is 5.10 Å². The number of ether oxygens (including phenoxy) is 1. The zero-order valence-corrected chi connectivity index (χ0v) is 19.6. The number of para-hydroxylation sites is 1. The first-order valence-electron chi connectivity index (χ1n) is 11.4. The molecule has 1 fully saturated rings. The van der Waals surface area contributed by atoms with Crippen molar-refractivity contribution in [3.63, 3.8) is 0 Å². The normalized spacial score (nSPS) is 13.6. The maximum absolute atomic E-state index is 13.9. The fourth-order valence-electron chi connectivity index (χ4n) is 3.73. The van der Waals surface area contributed by atoms with Gasteiger partial charge in [0.2, 0.25) is 5.88 Å². The van der Waals surface area contributed by atoms with Crippen LogP contribution in [-0.4, -0.2) is 32.3 Å². The van der Waals surface area contributed by atoms with Crippen LogP contribution in [0.2, 0.25) is 0 Å². The van der Waals surface area contributed by atoms with Gasteiger partial charge < -0.3 is 15.0 Å². The van der Waals surface area contributed by atoms with Crippen molar-refractivity contribution in [1.82, 2.24) is 20.0 Å². The first-order chi connectivity index (χ1) is 15.7. The Morgan fingerprint density at radius 3 is 2.52 bits per heavy atom. The van der Waals surface area contributed by atoms with Crippen LogP contribution in [0.3, 0.4) is 0 Å². The van der Waals surface area contributed by atoms with Gasteiger partial charge in [-0.25, -0.2) is 13.9 Å². The number of nitrogens with zero attached hydrogens (tertiary/aromatic N) is 3. The lowest BCUT2D eigenvalue weighted by Gasteiger charge is -2.28. The van der Waals surface area contributed by atoms with Gasteiger partial charge in [0.1, 0.15) is 11.6 Å². The highest BCUT2D eigenvalue weighted by Crippen LogP contribution is 2.35. The van der Waals surface area contributed by atoms with E-state index in [0.717, 1.165) is 29.8 Å². The molecule has 2 amide bonds. The van der Waals surface area contributed by atoms with Crippen LogP contribution in [0.5, 0.6) is 11.6 Å². The van der Waals surface area contributed by atoms with Gasteiger partial charge in [-0.05, 0) is 64.3 Å². The largest absolute Gasteiger partial charge is 0.438 e. The average molecular weight is 451 g/mol. The van der Waals surface area contributed by atoms with Crippen molar-refractivity contribution in [2.24, 2.45) is 0 Å². The van der Waals surface area contributed by atoms with Crippen molar-refractivity contribution in [2.75, 3.05) is 0 Å². The predicted octanol–water partition coefficient (Wildman–Crippen LogP) is 5.84. The molecule has 4 rings (SSSR count). The molecule has 0 saturated heterocycles. The van der Waals surface area contributed by atoms with Crippen LogP contribution in [0.1, 0.15) is 51.8 Å². The Labute approximate surface area is 194 Å². The summed E-state index contributed by atoms with van der Waals surface area (Å²) >= 11 is 0. The summed E-state index contributed by atoms with van der Waals surface area (Å²) in [6, 6.07) is 15.8. The Kier molecular flexibility index (Phi) is 6.40. The van der Waals surface area contributed by atoms with E-state index in [-0.39, 0.29) is 23.4 Å². The molecule has 2 aromatic carbocycles. The Morgan fingerprint density at radius 2 is 1.91 bits per heavy atom. The van der Waals surface area contributed by atoms with Crippen LogP contribution < -0.4 is 10.1 Å². The molecule has 7 heteroatoms. The third-order valence-corrected chi connectivity index (χ3v) is 5.42. The van der Waals surface area contributed by atoms with Crippen LogP contribution in [0, 0.1) is 5.82 Å². The molecular formula is C26H31FN4O2. The van der Waals surface area contributed by atoms with Gasteiger partial charge in [-0.15, -0.1) is 0 Å². The Morgan fingerprint density at radius 1 is 1.18 bits per heavy atom. The Bertz CT molecular complexity index is 1120. The van der Waals surface area contributed by atoms with Gasteiger partial charge in [-0.1, -0.05) is 31.2 Å².